The minimum atomic E-state index is -0.752. The van der Waals surface area contributed by atoms with E-state index in [2.05, 4.69) is 0 Å². The molecule has 30 heavy (non-hydrogen) atoms. The summed E-state index contributed by atoms with van der Waals surface area (Å²) in [6.45, 7) is 1.92. The van der Waals surface area contributed by atoms with Crippen molar-refractivity contribution >= 4 is 23.1 Å². The van der Waals surface area contributed by atoms with Crippen molar-refractivity contribution in [3.05, 3.63) is 101 Å². The van der Waals surface area contributed by atoms with E-state index in [4.69, 9.17) is 4.74 Å². The number of aliphatic hydroxyl groups excluding tert-OH is 1. The molecular formula is C25H21NO4. The number of hydrogen-bond donors (Lipinski definition) is 1. The third-order valence-electron chi connectivity index (χ3n) is 5.20. The van der Waals surface area contributed by atoms with Gasteiger partial charge in [0.05, 0.1) is 24.3 Å². The minimum Gasteiger partial charge on any atom is -0.507 e. The molecule has 1 heterocycles. The SMILES string of the molecule is COc1ccccc1/C(O)=C1\C(=O)C(=O)N(c2cccc(C)c2)C1c1ccccc1. The largest absolute Gasteiger partial charge is 0.507 e. The van der Waals surface area contributed by atoms with Gasteiger partial charge in [0.1, 0.15) is 11.5 Å². The molecule has 0 saturated carbocycles. The van der Waals surface area contributed by atoms with Crippen LogP contribution >= 0.6 is 0 Å². The van der Waals surface area contributed by atoms with Crippen LogP contribution in [0.25, 0.3) is 5.76 Å². The summed E-state index contributed by atoms with van der Waals surface area (Å²) >= 11 is 0. The Labute approximate surface area is 174 Å². The van der Waals surface area contributed by atoms with Crippen LogP contribution in [0.15, 0.2) is 84.4 Å². The zero-order valence-electron chi connectivity index (χ0n) is 16.7. The van der Waals surface area contributed by atoms with Crippen molar-refractivity contribution in [3.63, 3.8) is 0 Å². The first kappa shape index (κ1) is 19.5. The van der Waals surface area contributed by atoms with Gasteiger partial charge in [-0.3, -0.25) is 14.5 Å². The summed E-state index contributed by atoms with van der Waals surface area (Å²) in [4.78, 5) is 27.7. The Morgan fingerprint density at radius 3 is 2.33 bits per heavy atom. The second-order valence-corrected chi connectivity index (χ2v) is 7.12. The van der Waals surface area contributed by atoms with Crippen molar-refractivity contribution in [2.45, 2.75) is 13.0 Å². The zero-order chi connectivity index (χ0) is 21.3. The molecule has 1 amide bonds. The van der Waals surface area contributed by atoms with Crippen molar-refractivity contribution in [1.82, 2.24) is 0 Å². The number of methoxy groups -OCH3 is 1. The van der Waals surface area contributed by atoms with Crippen LogP contribution in [-0.4, -0.2) is 23.9 Å². The van der Waals surface area contributed by atoms with Gasteiger partial charge in [0.25, 0.3) is 11.7 Å². The number of aryl methyl sites for hydroxylation is 1. The van der Waals surface area contributed by atoms with E-state index in [0.29, 0.717) is 17.0 Å². The van der Waals surface area contributed by atoms with E-state index in [-0.39, 0.29) is 11.3 Å². The van der Waals surface area contributed by atoms with Crippen molar-refractivity contribution < 1.29 is 19.4 Å². The molecule has 3 aromatic rings. The number of para-hydroxylation sites is 1. The maximum Gasteiger partial charge on any atom is 0.300 e. The summed E-state index contributed by atoms with van der Waals surface area (Å²) in [5.41, 5.74) is 2.70. The Morgan fingerprint density at radius 1 is 0.933 bits per heavy atom. The van der Waals surface area contributed by atoms with Gasteiger partial charge >= 0.3 is 0 Å². The maximum atomic E-state index is 13.1. The number of Topliss-reactive ketones (excluding diaryl/α,β-unsaturated/α-hetero) is 1. The molecule has 5 heteroatoms. The zero-order valence-corrected chi connectivity index (χ0v) is 16.7. The summed E-state index contributed by atoms with van der Waals surface area (Å²) in [6.07, 6.45) is 0. The lowest BCUT2D eigenvalue weighted by Gasteiger charge is -2.25. The molecule has 1 aliphatic heterocycles. The third-order valence-corrected chi connectivity index (χ3v) is 5.20. The monoisotopic (exact) mass is 399 g/mol. The number of carbonyl (C=O) groups excluding carboxylic acids is 2. The molecule has 1 atom stereocenters. The lowest BCUT2D eigenvalue weighted by Crippen LogP contribution is -2.29. The average Bonchev–Trinajstić information content (AvgIpc) is 3.04. The Hall–Kier alpha value is -3.86. The second kappa shape index (κ2) is 7.87. The minimum absolute atomic E-state index is 0.0391. The molecule has 0 bridgehead atoms. The van der Waals surface area contributed by atoms with E-state index < -0.39 is 17.7 Å². The molecule has 0 aliphatic carbocycles. The highest BCUT2D eigenvalue weighted by Gasteiger charge is 2.47. The number of anilines is 1. The highest BCUT2D eigenvalue weighted by molar-refractivity contribution is 6.51. The van der Waals surface area contributed by atoms with Crippen molar-refractivity contribution in [2.75, 3.05) is 12.0 Å². The molecule has 4 rings (SSSR count). The molecule has 1 unspecified atom stereocenters. The first-order chi connectivity index (χ1) is 14.5. The summed E-state index contributed by atoms with van der Waals surface area (Å²) in [5, 5.41) is 11.2. The van der Waals surface area contributed by atoms with Crippen LogP contribution in [0.2, 0.25) is 0 Å². The van der Waals surface area contributed by atoms with Gasteiger partial charge in [-0.2, -0.15) is 0 Å². The predicted molar refractivity (Wildman–Crippen MR) is 115 cm³/mol. The summed E-state index contributed by atoms with van der Waals surface area (Å²) in [6, 6.07) is 22.8. The molecule has 1 saturated heterocycles. The quantitative estimate of drug-likeness (QED) is 0.395. The predicted octanol–water partition coefficient (Wildman–Crippen LogP) is 4.63. The Kier molecular flexibility index (Phi) is 5.11. The highest BCUT2D eigenvalue weighted by atomic mass is 16.5. The lowest BCUT2D eigenvalue weighted by molar-refractivity contribution is -0.132. The lowest BCUT2D eigenvalue weighted by atomic mass is 9.95. The maximum absolute atomic E-state index is 13.1. The fourth-order valence-corrected chi connectivity index (χ4v) is 3.81. The highest BCUT2D eigenvalue weighted by Crippen LogP contribution is 2.43. The van der Waals surface area contributed by atoms with Gasteiger partial charge in [-0.15, -0.1) is 0 Å². The van der Waals surface area contributed by atoms with Gasteiger partial charge in [0.2, 0.25) is 0 Å². The number of ketones is 1. The molecule has 0 spiro atoms. The van der Waals surface area contributed by atoms with E-state index >= 15 is 0 Å². The van der Waals surface area contributed by atoms with Gasteiger partial charge in [-0.05, 0) is 42.3 Å². The molecule has 150 valence electrons. The number of nitrogens with zero attached hydrogens (tertiary/aromatic N) is 1. The molecule has 1 N–H and O–H groups in total. The number of aliphatic hydroxyl groups is 1. The number of hydrogen-bond acceptors (Lipinski definition) is 4. The third kappa shape index (κ3) is 3.24. The molecule has 5 nitrogen and oxygen atoms in total. The van der Waals surface area contributed by atoms with Crippen LogP contribution in [0.5, 0.6) is 5.75 Å². The van der Waals surface area contributed by atoms with Gasteiger partial charge in [0, 0.05) is 5.69 Å². The molecule has 0 aromatic heterocycles. The van der Waals surface area contributed by atoms with Crippen LogP contribution in [-0.2, 0) is 9.59 Å². The smallest absolute Gasteiger partial charge is 0.300 e. The van der Waals surface area contributed by atoms with Crippen molar-refractivity contribution in [1.29, 1.82) is 0 Å². The van der Waals surface area contributed by atoms with E-state index in [1.165, 1.54) is 12.0 Å². The number of ether oxygens (including phenoxy) is 1. The van der Waals surface area contributed by atoms with E-state index in [9.17, 15) is 14.7 Å². The summed E-state index contributed by atoms with van der Waals surface area (Å²) < 4.78 is 5.35. The van der Waals surface area contributed by atoms with E-state index in [1.807, 2.05) is 55.5 Å². The fraction of sp³-hybridized carbons (Fsp3) is 0.120. The Balaban J connectivity index is 1.97. The van der Waals surface area contributed by atoms with E-state index in [1.54, 1.807) is 30.3 Å². The van der Waals surface area contributed by atoms with Gasteiger partial charge in [-0.25, -0.2) is 0 Å². The number of benzene rings is 3. The van der Waals surface area contributed by atoms with Crippen LogP contribution in [0.3, 0.4) is 0 Å². The van der Waals surface area contributed by atoms with Gasteiger partial charge in [-0.1, -0.05) is 54.6 Å². The number of rotatable bonds is 4. The standard InChI is InChI=1S/C25H21NO4/c1-16-9-8-12-18(15-16)26-22(17-10-4-3-5-11-17)21(24(28)25(26)29)23(27)19-13-6-7-14-20(19)30-2/h3-15,22,27H,1-2H3/b23-21+. The molecule has 1 aliphatic rings. The topological polar surface area (TPSA) is 66.8 Å². The molecule has 3 aromatic carbocycles. The average molecular weight is 399 g/mol. The molecular weight excluding hydrogens is 378 g/mol. The number of carbonyl (C=O) groups is 2. The first-order valence-corrected chi connectivity index (χ1v) is 9.59. The van der Waals surface area contributed by atoms with Crippen LogP contribution in [0.4, 0.5) is 5.69 Å². The summed E-state index contributed by atoms with van der Waals surface area (Å²) in [5.74, 6) is -1.24. The van der Waals surface area contributed by atoms with Crippen molar-refractivity contribution in [3.8, 4) is 5.75 Å². The fourth-order valence-electron chi connectivity index (χ4n) is 3.81. The summed E-state index contributed by atoms with van der Waals surface area (Å²) in [7, 11) is 1.49. The molecule has 0 radical (unpaired) electrons. The van der Waals surface area contributed by atoms with Gasteiger partial charge in [0.15, 0.2) is 0 Å². The van der Waals surface area contributed by atoms with Crippen LogP contribution in [0, 0.1) is 6.92 Å². The molecule has 1 fully saturated rings. The van der Waals surface area contributed by atoms with Crippen LogP contribution in [0.1, 0.15) is 22.7 Å². The number of amides is 1. The van der Waals surface area contributed by atoms with E-state index in [0.717, 1.165) is 11.1 Å². The van der Waals surface area contributed by atoms with Crippen molar-refractivity contribution in [2.24, 2.45) is 0 Å². The normalized spacial score (nSPS) is 17.9. The van der Waals surface area contributed by atoms with Crippen LogP contribution < -0.4 is 9.64 Å². The second-order valence-electron chi connectivity index (χ2n) is 7.12. The Morgan fingerprint density at radius 2 is 1.63 bits per heavy atom. The first-order valence-electron chi connectivity index (χ1n) is 9.59. The Bertz CT molecular complexity index is 1150. The van der Waals surface area contributed by atoms with Gasteiger partial charge < -0.3 is 9.84 Å².